The van der Waals surface area contributed by atoms with Crippen LogP contribution in [0.3, 0.4) is 0 Å². The van der Waals surface area contributed by atoms with Crippen molar-refractivity contribution in [3.8, 4) is 0 Å². The molecule has 1 heterocycles. The van der Waals surface area contributed by atoms with Gasteiger partial charge in [0, 0.05) is 45.4 Å². The number of benzene rings is 1. The van der Waals surface area contributed by atoms with Gasteiger partial charge in [0.15, 0.2) is 0 Å². The SMILES string of the molecule is COCc1ccccc1NS(=O)(=O)CCN1CCNCC1. The standard InChI is InChI=1S/C14H23N3O3S/c1-20-12-13-4-2-3-5-14(13)16-21(18,19)11-10-17-8-6-15-7-9-17/h2-5,15-16H,6-12H2,1H3. The summed E-state index contributed by atoms with van der Waals surface area (Å²) in [6.45, 7) is 4.58. The van der Waals surface area contributed by atoms with E-state index in [4.69, 9.17) is 4.74 Å². The van der Waals surface area contributed by atoms with Crippen LogP contribution in [0.25, 0.3) is 0 Å². The van der Waals surface area contributed by atoms with Gasteiger partial charge in [0.05, 0.1) is 18.0 Å². The van der Waals surface area contributed by atoms with Crippen LogP contribution in [0.2, 0.25) is 0 Å². The van der Waals surface area contributed by atoms with Crippen LogP contribution in [-0.2, 0) is 21.4 Å². The minimum Gasteiger partial charge on any atom is -0.380 e. The third kappa shape index (κ3) is 5.28. The van der Waals surface area contributed by atoms with Gasteiger partial charge in [-0.1, -0.05) is 18.2 Å². The summed E-state index contributed by atoms with van der Waals surface area (Å²) >= 11 is 0. The van der Waals surface area contributed by atoms with E-state index >= 15 is 0 Å². The first kappa shape index (κ1) is 16.2. The maximum Gasteiger partial charge on any atom is 0.233 e. The van der Waals surface area contributed by atoms with Gasteiger partial charge in [0.2, 0.25) is 10.0 Å². The van der Waals surface area contributed by atoms with Crippen molar-refractivity contribution in [2.24, 2.45) is 0 Å². The van der Waals surface area contributed by atoms with Crippen LogP contribution < -0.4 is 10.0 Å². The molecule has 0 saturated carbocycles. The predicted molar refractivity (Wildman–Crippen MR) is 83.9 cm³/mol. The molecular weight excluding hydrogens is 290 g/mol. The molecule has 1 saturated heterocycles. The minimum atomic E-state index is -3.34. The van der Waals surface area contributed by atoms with Crippen molar-refractivity contribution in [2.45, 2.75) is 6.61 Å². The summed E-state index contributed by atoms with van der Waals surface area (Å²) in [5, 5.41) is 3.25. The quantitative estimate of drug-likeness (QED) is 0.766. The molecule has 2 rings (SSSR count). The molecule has 0 aromatic heterocycles. The fraction of sp³-hybridized carbons (Fsp3) is 0.571. The normalized spacial score (nSPS) is 16.8. The van der Waals surface area contributed by atoms with Crippen molar-refractivity contribution in [1.82, 2.24) is 10.2 Å². The van der Waals surface area contributed by atoms with Crippen molar-refractivity contribution in [1.29, 1.82) is 0 Å². The first-order valence-electron chi connectivity index (χ1n) is 7.11. The van der Waals surface area contributed by atoms with Gasteiger partial charge in [0.25, 0.3) is 0 Å². The van der Waals surface area contributed by atoms with Crippen molar-refractivity contribution >= 4 is 15.7 Å². The summed E-state index contributed by atoms with van der Waals surface area (Å²) in [7, 11) is -1.75. The van der Waals surface area contributed by atoms with E-state index in [1.165, 1.54) is 0 Å². The topological polar surface area (TPSA) is 70.7 Å². The number of rotatable bonds is 7. The molecule has 0 amide bonds. The van der Waals surface area contributed by atoms with E-state index in [0.29, 0.717) is 18.8 Å². The number of piperazine rings is 1. The number of ether oxygens (including phenoxy) is 1. The lowest BCUT2D eigenvalue weighted by Gasteiger charge is -2.27. The molecule has 21 heavy (non-hydrogen) atoms. The van der Waals surface area contributed by atoms with Crippen LogP contribution >= 0.6 is 0 Å². The second-order valence-electron chi connectivity index (χ2n) is 5.10. The summed E-state index contributed by atoms with van der Waals surface area (Å²) in [5.41, 5.74) is 1.44. The number of methoxy groups -OCH3 is 1. The van der Waals surface area contributed by atoms with Crippen molar-refractivity contribution in [2.75, 3.05) is 50.3 Å². The molecule has 7 heteroatoms. The van der Waals surface area contributed by atoms with Gasteiger partial charge < -0.3 is 10.1 Å². The Morgan fingerprint density at radius 3 is 2.71 bits per heavy atom. The van der Waals surface area contributed by atoms with E-state index in [1.54, 1.807) is 13.2 Å². The lowest BCUT2D eigenvalue weighted by molar-refractivity contribution is 0.185. The minimum absolute atomic E-state index is 0.105. The second kappa shape index (κ2) is 7.74. The van der Waals surface area contributed by atoms with Crippen LogP contribution in [0.1, 0.15) is 5.56 Å². The Bertz CT molecular complexity index is 542. The number of hydrogen-bond donors (Lipinski definition) is 2. The smallest absolute Gasteiger partial charge is 0.233 e. The van der Waals surface area contributed by atoms with E-state index in [2.05, 4.69) is 14.9 Å². The van der Waals surface area contributed by atoms with Gasteiger partial charge >= 0.3 is 0 Å². The second-order valence-corrected chi connectivity index (χ2v) is 6.94. The zero-order chi connectivity index (χ0) is 15.1. The molecule has 0 unspecified atom stereocenters. The first-order chi connectivity index (χ1) is 10.1. The molecule has 118 valence electrons. The number of nitrogens with zero attached hydrogens (tertiary/aromatic N) is 1. The molecule has 1 fully saturated rings. The van der Waals surface area contributed by atoms with Crippen molar-refractivity contribution in [3.05, 3.63) is 29.8 Å². The Labute approximate surface area is 126 Å². The van der Waals surface area contributed by atoms with Crippen LogP contribution in [-0.4, -0.2) is 58.9 Å². The predicted octanol–water partition coefficient (Wildman–Crippen LogP) is 0.480. The highest BCUT2D eigenvalue weighted by atomic mass is 32.2. The van der Waals surface area contributed by atoms with E-state index in [0.717, 1.165) is 31.7 Å². The highest BCUT2D eigenvalue weighted by molar-refractivity contribution is 7.92. The van der Waals surface area contributed by atoms with Gasteiger partial charge in [-0.05, 0) is 6.07 Å². The van der Waals surface area contributed by atoms with Crippen molar-refractivity contribution in [3.63, 3.8) is 0 Å². The average molecular weight is 313 g/mol. The monoisotopic (exact) mass is 313 g/mol. The zero-order valence-electron chi connectivity index (χ0n) is 12.3. The summed E-state index contributed by atoms with van der Waals surface area (Å²) in [6.07, 6.45) is 0. The van der Waals surface area contributed by atoms with Gasteiger partial charge in [0.1, 0.15) is 0 Å². The lowest BCUT2D eigenvalue weighted by Crippen LogP contribution is -2.45. The number of nitrogens with one attached hydrogen (secondary N) is 2. The van der Waals surface area contributed by atoms with Crippen LogP contribution in [0.5, 0.6) is 0 Å². The molecule has 0 radical (unpaired) electrons. The van der Waals surface area contributed by atoms with E-state index in [9.17, 15) is 8.42 Å². The fourth-order valence-corrected chi connectivity index (χ4v) is 3.44. The molecule has 2 N–H and O–H groups in total. The molecule has 0 spiro atoms. The fourth-order valence-electron chi connectivity index (χ4n) is 2.30. The van der Waals surface area contributed by atoms with Crippen LogP contribution in [0.15, 0.2) is 24.3 Å². The van der Waals surface area contributed by atoms with Crippen LogP contribution in [0, 0.1) is 0 Å². The number of hydrogen-bond acceptors (Lipinski definition) is 5. The molecule has 1 aliphatic rings. The molecule has 0 aliphatic carbocycles. The lowest BCUT2D eigenvalue weighted by atomic mass is 10.2. The molecule has 1 aromatic rings. The molecule has 1 aromatic carbocycles. The van der Waals surface area contributed by atoms with Gasteiger partial charge in [-0.15, -0.1) is 0 Å². The Kier molecular flexibility index (Phi) is 5.98. The Hall–Kier alpha value is -1.15. The third-order valence-corrected chi connectivity index (χ3v) is 4.72. The van der Waals surface area contributed by atoms with E-state index < -0.39 is 10.0 Å². The highest BCUT2D eigenvalue weighted by Gasteiger charge is 2.16. The number of para-hydroxylation sites is 1. The van der Waals surface area contributed by atoms with E-state index in [1.807, 2.05) is 18.2 Å². The van der Waals surface area contributed by atoms with Crippen molar-refractivity contribution < 1.29 is 13.2 Å². The Morgan fingerprint density at radius 1 is 1.29 bits per heavy atom. The molecule has 6 nitrogen and oxygen atoms in total. The summed E-state index contributed by atoms with van der Waals surface area (Å²) in [4.78, 5) is 2.16. The first-order valence-corrected chi connectivity index (χ1v) is 8.76. The Morgan fingerprint density at radius 2 is 2.00 bits per heavy atom. The molecule has 0 bridgehead atoms. The average Bonchev–Trinajstić information content (AvgIpc) is 2.48. The zero-order valence-corrected chi connectivity index (χ0v) is 13.2. The Balaban J connectivity index is 1.93. The number of sulfonamides is 1. The van der Waals surface area contributed by atoms with Gasteiger partial charge in [-0.3, -0.25) is 9.62 Å². The molecular formula is C14H23N3O3S. The summed E-state index contributed by atoms with van der Waals surface area (Å²) in [5.74, 6) is 0.105. The third-order valence-electron chi connectivity index (χ3n) is 3.47. The molecule has 0 atom stereocenters. The number of anilines is 1. The van der Waals surface area contributed by atoms with Gasteiger partial charge in [-0.25, -0.2) is 8.42 Å². The maximum absolute atomic E-state index is 12.2. The van der Waals surface area contributed by atoms with Gasteiger partial charge in [-0.2, -0.15) is 0 Å². The summed E-state index contributed by atoms with van der Waals surface area (Å²) in [6, 6.07) is 7.30. The maximum atomic E-state index is 12.2. The largest absolute Gasteiger partial charge is 0.380 e. The van der Waals surface area contributed by atoms with E-state index in [-0.39, 0.29) is 5.75 Å². The molecule has 1 aliphatic heterocycles. The summed E-state index contributed by atoms with van der Waals surface area (Å²) < 4.78 is 32.2. The highest BCUT2D eigenvalue weighted by Crippen LogP contribution is 2.17. The van der Waals surface area contributed by atoms with Crippen LogP contribution in [0.4, 0.5) is 5.69 Å².